The molecule has 1 amide bonds. The minimum Gasteiger partial charge on any atom is -0.342 e. The third-order valence-corrected chi connectivity index (χ3v) is 4.87. The molecule has 0 saturated heterocycles. The van der Waals surface area contributed by atoms with E-state index in [0.717, 1.165) is 24.2 Å². The second-order valence-corrected chi connectivity index (χ2v) is 7.72. The molecule has 2 aromatic rings. The van der Waals surface area contributed by atoms with Gasteiger partial charge in [0.1, 0.15) is 11.9 Å². The summed E-state index contributed by atoms with van der Waals surface area (Å²) < 4.78 is 1.97. The number of benzene rings is 1. The highest BCUT2D eigenvalue weighted by atomic mass is 16.1. The van der Waals surface area contributed by atoms with Gasteiger partial charge in [-0.1, -0.05) is 58.9 Å². The Kier molecular flexibility index (Phi) is 6.04. The largest absolute Gasteiger partial charge is 0.342 e. The quantitative estimate of drug-likeness (QED) is 0.848. The van der Waals surface area contributed by atoms with Crippen molar-refractivity contribution in [2.45, 2.75) is 58.9 Å². The Morgan fingerprint density at radius 1 is 1.16 bits per heavy atom. The number of hydrogen-bond donors (Lipinski definition) is 1. The minimum atomic E-state index is -0.234. The summed E-state index contributed by atoms with van der Waals surface area (Å²) in [5, 5.41) is 3.21. The van der Waals surface area contributed by atoms with Crippen molar-refractivity contribution in [3.63, 3.8) is 0 Å². The molecule has 1 aromatic carbocycles. The first-order valence-electron chi connectivity index (χ1n) is 9.16. The van der Waals surface area contributed by atoms with E-state index in [1.807, 2.05) is 17.8 Å². The van der Waals surface area contributed by atoms with Crippen molar-refractivity contribution in [3.8, 4) is 0 Å². The van der Waals surface area contributed by atoms with E-state index >= 15 is 0 Å². The topological polar surface area (TPSA) is 46.9 Å². The molecule has 1 aromatic heterocycles. The van der Waals surface area contributed by atoms with E-state index in [4.69, 9.17) is 0 Å². The average Bonchev–Trinajstić information content (AvgIpc) is 2.99. The van der Waals surface area contributed by atoms with Crippen LogP contribution >= 0.6 is 0 Å². The zero-order chi connectivity index (χ0) is 18.6. The van der Waals surface area contributed by atoms with Crippen LogP contribution in [0.4, 0.5) is 0 Å². The Morgan fingerprint density at radius 2 is 1.76 bits per heavy atom. The van der Waals surface area contributed by atoms with Crippen LogP contribution in [0.2, 0.25) is 0 Å². The molecule has 1 unspecified atom stereocenters. The van der Waals surface area contributed by atoms with E-state index in [-0.39, 0.29) is 23.3 Å². The van der Waals surface area contributed by atoms with Crippen molar-refractivity contribution in [1.29, 1.82) is 0 Å². The Labute approximate surface area is 151 Å². The fourth-order valence-electron chi connectivity index (χ4n) is 3.05. The molecule has 0 aliphatic carbocycles. The maximum absolute atomic E-state index is 12.7. The summed E-state index contributed by atoms with van der Waals surface area (Å²) >= 11 is 0. The number of aromatic nitrogens is 2. The Morgan fingerprint density at radius 3 is 2.20 bits per heavy atom. The van der Waals surface area contributed by atoms with Gasteiger partial charge in [-0.15, -0.1) is 0 Å². The molecular formula is C21H31N3O. The van der Waals surface area contributed by atoms with Gasteiger partial charge in [-0.3, -0.25) is 4.79 Å². The van der Waals surface area contributed by atoms with E-state index in [9.17, 15) is 4.79 Å². The van der Waals surface area contributed by atoms with E-state index in [2.05, 4.69) is 69.2 Å². The zero-order valence-electron chi connectivity index (χ0n) is 16.3. The highest BCUT2D eigenvalue weighted by Gasteiger charge is 2.24. The van der Waals surface area contributed by atoms with Crippen molar-refractivity contribution in [3.05, 3.63) is 53.6 Å². The fraction of sp³-hybridized carbons (Fsp3) is 0.524. The second kappa shape index (κ2) is 7.85. The molecule has 25 heavy (non-hydrogen) atoms. The molecule has 0 fully saturated rings. The number of amides is 1. The molecule has 0 aliphatic rings. The van der Waals surface area contributed by atoms with Crippen LogP contribution in [0.5, 0.6) is 0 Å². The van der Waals surface area contributed by atoms with Gasteiger partial charge in [0.25, 0.3) is 0 Å². The van der Waals surface area contributed by atoms with E-state index in [0.29, 0.717) is 0 Å². The Balaban J connectivity index is 2.36. The lowest BCUT2D eigenvalue weighted by molar-refractivity contribution is -0.125. The zero-order valence-corrected chi connectivity index (χ0v) is 16.3. The van der Waals surface area contributed by atoms with Gasteiger partial charge in [-0.05, 0) is 29.4 Å². The van der Waals surface area contributed by atoms with Gasteiger partial charge in [0.05, 0.1) is 0 Å². The van der Waals surface area contributed by atoms with E-state index in [1.165, 1.54) is 5.56 Å². The number of carbonyl (C=O) groups is 1. The molecule has 2 rings (SSSR count). The fourth-order valence-corrected chi connectivity index (χ4v) is 3.05. The first-order valence-corrected chi connectivity index (χ1v) is 9.16. The number of imidazole rings is 1. The summed E-state index contributed by atoms with van der Waals surface area (Å²) in [5.41, 5.74) is 2.44. The molecule has 0 radical (unpaired) electrons. The summed E-state index contributed by atoms with van der Waals surface area (Å²) in [4.78, 5) is 17.1. The average molecular weight is 341 g/mol. The van der Waals surface area contributed by atoms with Gasteiger partial charge < -0.3 is 9.88 Å². The van der Waals surface area contributed by atoms with Crippen molar-refractivity contribution >= 4 is 5.91 Å². The lowest BCUT2D eigenvalue weighted by atomic mass is 9.86. The van der Waals surface area contributed by atoms with Crippen molar-refractivity contribution in [2.75, 3.05) is 0 Å². The van der Waals surface area contributed by atoms with Gasteiger partial charge in [0.2, 0.25) is 5.91 Å². The summed E-state index contributed by atoms with van der Waals surface area (Å²) in [6, 6.07) is 8.27. The van der Waals surface area contributed by atoms with Crippen LogP contribution in [-0.2, 0) is 17.3 Å². The van der Waals surface area contributed by atoms with Crippen LogP contribution in [0.25, 0.3) is 0 Å². The molecule has 1 atom stereocenters. The van der Waals surface area contributed by atoms with Crippen LogP contribution in [-0.4, -0.2) is 15.5 Å². The number of carbonyl (C=O) groups excluding carboxylic acids is 1. The number of nitrogens with one attached hydrogen (secondary N) is 1. The van der Waals surface area contributed by atoms with Crippen molar-refractivity contribution < 1.29 is 4.79 Å². The monoisotopic (exact) mass is 341 g/mol. The highest BCUT2D eigenvalue weighted by Crippen LogP contribution is 2.26. The van der Waals surface area contributed by atoms with Crippen molar-refractivity contribution in [1.82, 2.24) is 14.9 Å². The number of nitrogens with zero attached hydrogens (tertiary/aromatic N) is 2. The van der Waals surface area contributed by atoms with E-state index < -0.39 is 0 Å². The van der Waals surface area contributed by atoms with Crippen LogP contribution in [0.3, 0.4) is 0 Å². The first-order chi connectivity index (χ1) is 11.8. The van der Waals surface area contributed by atoms with Crippen LogP contribution < -0.4 is 5.32 Å². The molecule has 0 spiro atoms. The second-order valence-electron chi connectivity index (χ2n) is 7.72. The van der Waals surface area contributed by atoms with Gasteiger partial charge >= 0.3 is 0 Å². The van der Waals surface area contributed by atoms with Gasteiger partial charge in [-0.25, -0.2) is 4.98 Å². The molecule has 0 aliphatic heterocycles. The predicted octanol–water partition coefficient (Wildman–Crippen LogP) is 4.36. The van der Waals surface area contributed by atoms with Crippen LogP contribution in [0.1, 0.15) is 70.5 Å². The minimum absolute atomic E-state index is 0.0385. The standard InChI is InChI=1S/C21H31N3O/c1-7-15(8-2)20(25)23-18(19-22-13-14-24(19)6)16-9-11-17(12-10-16)21(3,4)5/h9-15,18H,7-8H2,1-6H3,(H,23,25). The Bertz CT molecular complexity index is 691. The summed E-state index contributed by atoms with van der Waals surface area (Å²) in [7, 11) is 1.96. The molecule has 1 heterocycles. The summed E-state index contributed by atoms with van der Waals surface area (Å²) in [6.45, 7) is 10.7. The van der Waals surface area contributed by atoms with Gasteiger partial charge in [-0.2, -0.15) is 0 Å². The summed E-state index contributed by atoms with van der Waals surface area (Å²) in [6.07, 6.45) is 5.38. The van der Waals surface area contributed by atoms with Crippen LogP contribution in [0.15, 0.2) is 36.7 Å². The normalized spacial score (nSPS) is 13.1. The molecule has 1 N–H and O–H groups in total. The highest BCUT2D eigenvalue weighted by molar-refractivity contribution is 5.79. The lowest BCUT2D eigenvalue weighted by Gasteiger charge is -2.24. The molecular weight excluding hydrogens is 310 g/mol. The molecule has 0 bridgehead atoms. The Hall–Kier alpha value is -2.10. The number of aryl methyl sites for hydroxylation is 1. The maximum Gasteiger partial charge on any atom is 0.223 e. The number of hydrogen-bond acceptors (Lipinski definition) is 2. The molecule has 0 saturated carbocycles. The molecule has 4 nitrogen and oxygen atoms in total. The predicted molar refractivity (Wildman–Crippen MR) is 102 cm³/mol. The lowest BCUT2D eigenvalue weighted by Crippen LogP contribution is -2.35. The first kappa shape index (κ1) is 19.2. The van der Waals surface area contributed by atoms with Crippen LogP contribution in [0, 0.1) is 5.92 Å². The van der Waals surface area contributed by atoms with Crippen molar-refractivity contribution in [2.24, 2.45) is 13.0 Å². The third kappa shape index (κ3) is 4.50. The molecule has 136 valence electrons. The third-order valence-electron chi connectivity index (χ3n) is 4.87. The maximum atomic E-state index is 12.7. The summed E-state index contributed by atoms with van der Waals surface area (Å²) in [5.74, 6) is 0.984. The van der Waals surface area contributed by atoms with Gasteiger partial charge in [0, 0.05) is 25.4 Å². The van der Waals surface area contributed by atoms with E-state index in [1.54, 1.807) is 6.20 Å². The molecule has 4 heteroatoms. The van der Waals surface area contributed by atoms with Gasteiger partial charge in [0.15, 0.2) is 0 Å². The number of rotatable bonds is 6. The smallest absolute Gasteiger partial charge is 0.223 e. The SMILES string of the molecule is CCC(CC)C(=O)NC(c1ccc(C(C)(C)C)cc1)c1nccn1C.